The van der Waals surface area contributed by atoms with Gasteiger partial charge in [0.15, 0.2) is 0 Å². The second-order valence-corrected chi connectivity index (χ2v) is 6.35. The molecule has 0 fully saturated rings. The Balaban J connectivity index is 1.73. The monoisotopic (exact) mass is 369 g/mol. The van der Waals surface area contributed by atoms with Gasteiger partial charge in [-0.2, -0.15) is 13.2 Å². The fourth-order valence-electron chi connectivity index (χ4n) is 2.55. The van der Waals surface area contributed by atoms with Crippen molar-refractivity contribution in [3.63, 3.8) is 0 Å². The minimum absolute atomic E-state index is 0.0231. The van der Waals surface area contributed by atoms with Crippen molar-refractivity contribution >= 4 is 23.2 Å². The average molecular weight is 369 g/mol. The Morgan fingerprint density at radius 1 is 1.08 bits per heavy atom. The lowest BCUT2D eigenvalue weighted by molar-refractivity contribution is -0.137. The lowest BCUT2D eigenvalue weighted by atomic mass is 10.1. The minimum Gasteiger partial charge on any atom is -0.269 e. The molecule has 0 unspecified atom stereocenters. The van der Waals surface area contributed by atoms with Crippen molar-refractivity contribution in [3.05, 3.63) is 69.2 Å². The Bertz CT molecular complexity index is 835. The molecule has 130 valence electrons. The molecule has 3 rings (SSSR count). The van der Waals surface area contributed by atoms with Gasteiger partial charge in [0, 0.05) is 11.3 Å². The average Bonchev–Trinajstić information content (AvgIpc) is 3.13. The summed E-state index contributed by atoms with van der Waals surface area (Å²) < 4.78 is 52.4. The summed E-state index contributed by atoms with van der Waals surface area (Å²) >= 11 is 0.873. The van der Waals surface area contributed by atoms with Crippen molar-refractivity contribution in [1.82, 2.24) is 4.90 Å². The smallest absolute Gasteiger partial charge is 0.269 e. The zero-order valence-electron chi connectivity index (χ0n) is 12.6. The summed E-state index contributed by atoms with van der Waals surface area (Å²) in [6.07, 6.45) is -3.80. The van der Waals surface area contributed by atoms with E-state index >= 15 is 0 Å². The van der Waals surface area contributed by atoms with Crippen LogP contribution in [0.25, 0.3) is 0 Å². The van der Waals surface area contributed by atoms with Gasteiger partial charge in [0.2, 0.25) is 0 Å². The fraction of sp³-hybridized carbons (Fsp3) is 0.176. The summed E-state index contributed by atoms with van der Waals surface area (Å²) in [4.78, 5) is 25.0. The number of hydrogen-bond donors (Lipinski definition) is 0. The molecule has 0 radical (unpaired) electrons. The normalized spacial score (nSPS) is 15.0. The standard InChI is InChI=1S/C17H11F4NO2S/c18-10(5-6-14-13(7-8-25-14)17(19,20)21)9-22-15(23)11-3-1-2-4-12(11)16(22)24/h1-5,7-8H,6,9H2. The molecular weight excluding hydrogens is 358 g/mol. The van der Waals surface area contributed by atoms with Gasteiger partial charge in [-0.25, -0.2) is 4.39 Å². The summed E-state index contributed by atoms with van der Waals surface area (Å²) in [6, 6.07) is 7.07. The van der Waals surface area contributed by atoms with Crippen molar-refractivity contribution in [2.75, 3.05) is 6.54 Å². The summed E-state index contributed by atoms with van der Waals surface area (Å²) in [7, 11) is 0. The van der Waals surface area contributed by atoms with E-state index in [2.05, 4.69) is 0 Å². The summed E-state index contributed by atoms with van der Waals surface area (Å²) in [5.74, 6) is -2.07. The summed E-state index contributed by atoms with van der Waals surface area (Å²) in [5.41, 5.74) is -0.418. The molecule has 1 aromatic heterocycles. The number of carbonyl (C=O) groups is 2. The zero-order valence-corrected chi connectivity index (χ0v) is 13.5. The van der Waals surface area contributed by atoms with Gasteiger partial charge in [-0.05, 0) is 29.7 Å². The number of rotatable bonds is 4. The van der Waals surface area contributed by atoms with Crippen molar-refractivity contribution in [2.45, 2.75) is 12.6 Å². The summed E-state index contributed by atoms with van der Waals surface area (Å²) in [6.45, 7) is -0.598. The predicted octanol–water partition coefficient (Wildman–Crippen LogP) is 4.46. The summed E-state index contributed by atoms with van der Waals surface area (Å²) in [5, 5.41) is 1.29. The maximum Gasteiger partial charge on any atom is 0.417 e. The Hall–Kier alpha value is -2.48. The SMILES string of the molecule is O=C1c2ccccc2C(=O)N1CC(F)=CCc1sccc1C(F)(F)F. The van der Waals surface area contributed by atoms with Crippen molar-refractivity contribution in [2.24, 2.45) is 0 Å². The molecule has 0 saturated heterocycles. The minimum atomic E-state index is -4.50. The third kappa shape index (κ3) is 3.34. The number of carbonyl (C=O) groups excluding carboxylic acids is 2. The number of amides is 2. The highest BCUT2D eigenvalue weighted by Crippen LogP contribution is 2.35. The molecule has 1 aromatic carbocycles. The highest BCUT2D eigenvalue weighted by atomic mass is 32.1. The van der Waals surface area contributed by atoms with E-state index in [0.717, 1.165) is 28.4 Å². The van der Waals surface area contributed by atoms with E-state index in [1.54, 1.807) is 12.1 Å². The fourth-order valence-corrected chi connectivity index (χ4v) is 3.41. The van der Waals surface area contributed by atoms with Gasteiger partial charge in [-0.3, -0.25) is 14.5 Å². The molecule has 25 heavy (non-hydrogen) atoms. The van der Waals surface area contributed by atoms with Gasteiger partial charge in [-0.15, -0.1) is 11.3 Å². The molecule has 1 aliphatic heterocycles. The molecule has 0 bridgehead atoms. The van der Waals surface area contributed by atoms with Gasteiger partial charge in [-0.1, -0.05) is 12.1 Å². The van der Waals surface area contributed by atoms with Crippen molar-refractivity contribution in [1.29, 1.82) is 0 Å². The molecule has 0 N–H and O–H groups in total. The van der Waals surface area contributed by atoms with E-state index < -0.39 is 35.9 Å². The quantitative estimate of drug-likeness (QED) is 0.590. The Morgan fingerprint density at radius 2 is 1.68 bits per heavy atom. The highest BCUT2D eigenvalue weighted by molar-refractivity contribution is 7.10. The van der Waals surface area contributed by atoms with Crippen LogP contribution in [0, 0.1) is 0 Å². The highest BCUT2D eigenvalue weighted by Gasteiger charge is 2.36. The molecule has 2 aromatic rings. The van der Waals surface area contributed by atoms with Gasteiger partial charge in [0.05, 0.1) is 23.2 Å². The van der Waals surface area contributed by atoms with Crippen molar-refractivity contribution in [3.8, 4) is 0 Å². The maximum atomic E-state index is 14.1. The molecule has 0 aliphatic carbocycles. The van der Waals surface area contributed by atoms with Crippen molar-refractivity contribution < 1.29 is 27.2 Å². The molecule has 0 saturated carbocycles. The van der Waals surface area contributed by atoms with Crippen LogP contribution in [-0.4, -0.2) is 23.3 Å². The van der Waals surface area contributed by atoms with E-state index in [-0.39, 0.29) is 22.4 Å². The van der Waals surface area contributed by atoms with Crippen LogP contribution in [0.1, 0.15) is 31.2 Å². The van der Waals surface area contributed by atoms with E-state index in [4.69, 9.17) is 0 Å². The molecule has 0 atom stereocenters. The van der Waals surface area contributed by atoms with Crippen LogP contribution < -0.4 is 0 Å². The van der Waals surface area contributed by atoms with E-state index in [1.807, 2.05) is 0 Å². The van der Waals surface area contributed by atoms with E-state index in [1.165, 1.54) is 17.5 Å². The maximum absolute atomic E-state index is 14.1. The van der Waals surface area contributed by atoms with Crippen LogP contribution in [0.3, 0.4) is 0 Å². The number of hydrogen-bond acceptors (Lipinski definition) is 3. The lowest BCUT2D eigenvalue weighted by Crippen LogP contribution is -2.31. The first-order valence-electron chi connectivity index (χ1n) is 7.22. The molecule has 3 nitrogen and oxygen atoms in total. The number of benzene rings is 1. The van der Waals surface area contributed by atoms with E-state index in [9.17, 15) is 27.2 Å². The number of halogens is 4. The second kappa shape index (κ2) is 6.44. The largest absolute Gasteiger partial charge is 0.417 e. The number of imide groups is 1. The second-order valence-electron chi connectivity index (χ2n) is 5.35. The van der Waals surface area contributed by atoms with Gasteiger partial charge >= 0.3 is 6.18 Å². The molecule has 1 aliphatic rings. The molecular formula is C17H11F4NO2S. The third-order valence-corrected chi connectivity index (χ3v) is 4.69. The molecule has 8 heteroatoms. The first-order chi connectivity index (χ1) is 11.8. The number of fused-ring (bicyclic) bond motifs is 1. The van der Waals surface area contributed by atoms with Crippen LogP contribution >= 0.6 is 11.3 Å². The molecule has 2 heterocycles. The van der Waals surface area contributed by atoms with Gasteiger partial charge in [0.25, 0.3) is 11.8 Å². The predicted molar refractivity (Wildman–Crippen MR) is 84.0 cm³/mol. The van der Waals surface area contributed by atoms with Gasteiger partial charge < -0.3 is 0 Å². The van der Waals surface area contributed by atoms with Crippen LogP contribution in [0.5, 0.6) is 0 Å². The zero-order chi connectivity index (χ0) is 18.2. The Labute approximate surface area is 144 Å². The first-order valence-corrected chi connectivity index (χ1v) is 8.10. The molecule has 2 amide bonds. The van der Waals surface area contributed by atoms with Crippen LogP contribution in [0.2, 0.25) is 0 Å². The van der Waals surface area contributed by atoms with Crippen LogP contribution in [0.4, 0.5) is 17.6 Å². The van der Waals surface area contributed by atoms with E-state index in [0.29, 0.717) is 0 Å². The lowest BCUT2D eigenvalue weighted by Gasteiger charge is -2.12. The number of thiophene rings is 1. The number of allylic oxidation sites excluding steroid dienone is 1. The number of nitrogens with zero attached hydrogens (tertiary/aromatic N) is 1. The first kappa shape index (κ1) is 17.3. The van der Waals surface area contributed by atoms with Gasteiger partial charge in [0.1, 0.15) is 5.83 Å². The van der Waals surface area contributed by atoms with Crippen LogP contribution in [-0.2, 0) is 12.6 Å². The Kier molecular flexibility index (Phi) is 4.47. The third-order valence-electron chi connectivity index (χ3n) is 3.75. The molecule has 0 spiro atoms. The number of alkyl halides is 3. The topological polar surface area (TPSA) is 37.4 Å². The van der Waals surface area contributed by atoms with Crippen LogP contribution in [0.15, 0.2) is 47.6 Å². The Morgan fingerprint density at radius 3 is 2.24 bits per heavy atom.